The van der Waals surface area contributed by atoms with Gasteiger partial charge < -0.3 is 14.2 Å². The molecule has 1 amide bonds. The van der Waals surface area contributed by atoms with Crippen LogP contribution in [0.1, 0.15) is 65.2 Å². The van der Waals surface area contributed by atoms with Crippen LogP contribution in [0.25, 0.3) is 6.08 Å². The number of rotatable bonds is 9. The van der Waals surface area contributed by atoms with Crippen LogP contribution in [0.5, 0.6) is 0 Å². The van der Waals surface area contributed by atoms with E-state index in [0.717, 1.165) is 11.1 Å². The summed E-state index contributed by atoms with van der Waals surface area (Å²) in [5.74, 6) is -0.987. The third-order valence-corrected chi connectivity index (χ3v) is 5.04. The second kappa shape index (κ2) is 13.1. The first-order chi connectivity index (χ1) is 17.3. The first-order valence-electron chi connectivity index (χ1n) is 12.5. The molecule has 0 aliphatic carbocycles. The lowest BCUT2D eigenvalue weighted by molar-refractivity contribution is -0.150. The van der Waals surface area contributed by atoms with Crippen LogP contribution in [0.3, 0.4) is 0 Å². The van der Waals surface area contributed by atoms with Gasteiger partial charge in [-0.05, 0) is 71.2 Å². The molecule has 0 heterocycles. The minimum atomic E-state index is -0.917. The van der Waals surface area contributed by atoms with Crippen LogP contribution in [0, 0.1) is 0 Å². The maximum absolute atomic E-state index is 13.4. The lowest BCUT2D eigenvalue weighted by Crippen LogP contribution is -2.48. The fourth-order valence-electron chi connectivity index (χ4n) is 3.54. The summed E-state index contributed by atoms with van der Waals surface area (Å²) in [4.78, 5) is 40.2. The van der Waals surface area contributed by atoms with Crippen molar-refractivity contribution < 1.29 is 28.6 Å². The number of nitrogens with zero attached hydrogens (tertiary/aromatic N) is 1. The SMILES string of the molecule is CCOC(=O)[C@H](Cc1ccccc1)N(Cc1ccccc1/C=C/C(=O)OC(C)(C)C)C(=O)OC(C)(C)C. The fourth-order valence-corrected chi connectivity index (χ4v) is 3.54. The predicted molar refractivity (Wildman–Crippen MR) is 144 cm³/mol. The fraction of sp³-hybridized carbons (Fsp3) is 0.433. The molecule has 200 valence electrons. The first kappa shape index (κ1) is 29.6. The molecular weight excluding hydrogens is 470 g/mol. The molecule has 2 aromatic carbocycles. The Balaban J connectivity index is 2.46. The van der Waals surface area contributed by atoms with E-state index in [0.29, 0.717) is 5.56 Å². The minimum absolute atomic E-state index is 0.0695. The number of hydrogen-bond donors (Lipinski definition) is 0. The highest BCUT2D eigenvalue weighted by Crippen LogP contribution is 2.22. The largest absolute Gasteiger partial charge is 0.464 e. The predicted octanol–water partition coefficient (Wildman–Crippen LogP) is 5.95. The van der Waals surface area contributed by atoms with E-state index < -0.39 is 35.3 Å². The third kappa shape index (κ3) is 10.5. The smallest absolute Gasteiger partial charge is 0.411 e. The van der Waals surface area contributed by atoms with Crippen molar-refractivity contribution >= 4 is 24.1 Å². The molecular formula is C30H39NO6. The van der Waals surface area contributed by atoms with Gasteiger partial charge in [0.15, 0.2) is 0 Å². The molecule has 0 spiro atoms. The van der Waals surface area contributed by atoms with E-state index >= 15 is 0 Å². The summed E-state index contributed by atoms with van der Waals surface area (Å²) in [5, 5.41) is 0. The second-order valence-electron chi connectivity index (χ2n) is 10.6. The Morgan fingerprint density at radius 2 is 1.46 bits per heavy atom. The van der Waals surface area contributed by atoms with E-state index in [-0.39, 0.29) is 19.6 Å². The van der Waals surface area contributed by atoms with Crippen molar-refractivity contribution in [2.24, 2.45) is 0 Å². The van der Waals surface area contributed by atoms with Crippen molar-refractivity contribution in [2.45, 2.75) is 78.7 Å². The van der Waals surface area contributed by atoms with Crippen LogP contribution in [-0.4, -0.2) is 46.8 Å². The molecule has 0 saturated carbocycles. The molecule has 0 saturated heterocycles. The van der Waals surface area contributed by atoms with Gasteiger partial charge in [-0.15, -0.1) is 0 Å². The Morgan fingerprint density at radius 3 is 2.05 bits per heavy atom. The molecule has 2 aromatic rings. The lowest BCUT2D eigenvalue weighted by atomic mass is 10.0. The van der Waals surface area contributed by atoms with E-state index in [4.69, 9.17) is 14.2 Å². The Morgan fingerprint density at radius 1 is 0.865 bits per heavy atom. The average Bonchev–Trinajstić information content (AvgIpc) is 2.79. The summed E-state index contributed by atoms with van der Waals surface area (Å²) in [6, 6.07) is 15.9. The highest BCUT2D eigenvalue weighted by Gasteiger charge is 2.34. The maximum atomic E-state index is 13.4. The molecule has 0 aliphatic heterocycles. The van der Waals surface area contributed by atoms with Gasteiger partial charge in [0.05, 0.1) is 13.2 Å². The number of esters is 2. The number of ether oxygens (including phenoxy) is 3. The summed E-state index contributed by atoms with van der Waals surface area (Å²) in [6.45, 7) is 12.7. The van der Waals surface area contributed by atoms with Crippen LogP contribution in [0.2, 0.25) is 0 Å². The zero-order valence-electron chi connectivity index (χ0n) is 22.9. The monoisotopic (exact) mass is 509 g/mol. The highest BCUT2D eigenvalue weighted by atomic mass is 16.6. The molecule has 0 unspecified atom stereocenters. The molecule has 37 heavy (non-hydrogen) atoms. The van der Waals surface area contributed by atoms with Crippen molar-refractivity contribution in [1.29, 1.82) is 0 Å². The quantitative estimate of drug-likeness (QED) is 0.236. The van der Waals surface area contributed by atoms with Gasteiger partial charge in [0, 0.05) is 12.5 Å². The lowest BCUT2D eigenvalue weighted by Gasteiger charge is -2.33. The Hall–Kier alpha value is -3.61. The number of benzene rings is 2. The molecule has 0 N–H and O–H groups in total. The first-order valence-corrected chi connectivity index (χ1v) is 12.5. The van der Waals surface area contributed by atoms with E-state index in [1.54, 1.807) is 54.5 Å². The van der Waals surface area contributed by atoms with Gasteiger partial charge in [-0.1, -0.05) is 54.6 Å². The van der Waals surface area contributed by atoms with Gasteiger partial charge in [-0.2, -0.15) is 0 Å². The van der Waals surface area contributed by atoms with Gasteiger partial charge in [-0.25, -0.2) is 14.4 Å². The van der Waals surface area contributed by atoms with Gasteiger partial charge in [0.2, 0.25) is 0 Å². The van der Waals surface area contributed by atoms with E-state index in [2.05, 4.69) is 0 Å². The Kier molecular flexibility index (Phi) is 10.5. The van der Waals surface area contributed by atoms with Crippen molar-refractivity contribution in [3.8, 4) is 0 Å². The van der Waals surface area contributed by atoms with Crippen LogP contribution in [-0.2, 0) is 36.8 Å². The second-order valence-corrected chi connectivity index (χ2v) is 10.6. The number of carbonyl (C=O) groups is 3. The van der Waals surface area contributed by atoms with Crippen LogP contribution < -0.4 is 0 Å². The van der Waals surface area contributed by atoms with Gasteiger partial charge >= 0.3 is 18.0 Å². The maximum Gasteiger partial charge on any atom is 0.411 e. The Labute approximate surface area is 220 Å². The highest BCUT2D eigenvalue weighted by molar-refractivity contribution is 5.87. The topological polar surface area (TPSA) is 82.1 Å². The Bertz CT molecular complexity index is 1080. The van der Waals surface area contributed by atoms with Crippen molar-refractivity contribution in [3.05, 3.63) is 77.4 Å². The molecule has 0 bridgehead atoms. The summed E-state index contributed by atoms with van der Waals surface area (Å²) in [7, 11) is 0. The van der Waals surface area contributed by atoms with Crippen molar-refractivity contribution in [1.82, 2.24) is 4.90 Å². The van der Waals surface area contributed by atoms with E-state index in [1.807, 2.05) is 54.6 Å². The molecule has 2 rings (SSSR count). The summed E-state index contributed by atoms with van der Waals surface area (Å²) >= 11 is 0. The molecule has 0 fully saturated rings. The summed E-state index contributed by atoms with van der Waals surface area (Å²) in [6.07, 6.45) is 2.63. The molecule has 0 radical (unpaired) electrons. The summed E-state index contributed by atoms with van der Waals surface area (Å²) in [5.41, 5.74) is 0.947. The zero-order chi connectivity index (χ0) is 27.6. The molecule has 0 aromatic heterocycles. The number of hydrogen-bond acceptors (Lipinski definition) is 6. The van der Waals surface area contributed by atoms with E-state index in [9.17, 15) is 14.4 Å². The molecule has 7 nitrogen and oxygen atoms in total. The molecule has 7 heteroatoms. The standard InChI is InChI=1S/C30H39NO6/c1-8-35-27(33)25(20-22-14-10-9-11-15-22)31(28(34)37-30(5,6)7)21-24-17-13-12-16-23(24)18-19-26(32)36-29(2,3)4/h9-19,25H,8,20-21H2,1-7H3/b19-18+/t25-/m0/s1. The van der Waals surface area contributed by atoms with Crippen LogP contribution in [0.4, 0.5) is 4.79 Å². The van der Waals surface area contributed by atoms with Gasteiger partial charge in [0.1, 0.15) is 17.2 Å². The molecule has 0 aliphatic rings. The van der Waals surface area contributed by atoms with Crippen LogP contribution in [0.15, 0.2) is 60.7 Å². The average molecular weight is 510 g/mol. The zero-order valence-corrected chi connectivity index (χ0v) is 22.9. The third-order valence-electron chi connectivity index (χ3n) is 5.04. The number of amides is 1. The van der Waals surface area contributed by atoms with E-state index in [1.165, 1.54) is 11.0 Å². The van der Waals surface area contributed by atoms with Crippen LogP contribution >= 0.6 is 0 Å². The van der Waals surface area contributed by atoms with Crippen molar-refractivity contribution in [3.63, 3.8) is 0 Å². The van der Waals surface area contributed by atoms with Gasteiger partial charge in [0.25, 0.3) is 0 Å². The van der Waals surface area contributed by atoms with Gasteiger partial charge in [-0.3, -0.25) is 4.90 Å². The summed E-state index contributed by atoms with van der Waals surface area (Å²) < 4.78 is 16.4. The number of carbonyl (C=O) groups excluding carboxylic acids is 3. The molecule has 1 atom stereocenters. The minimum Gasteiger partial charge on any atom is -0.464 e. The normalized spacial score (nSPS) is 12.6. The van der Waals surface area contributed by atoms with Crippen molar-refractivity contribution in [2.75, 3.05) is 6.61 Å².